The number of carbonyl (C=O) groups is 1. The summed E-state index contributed by atoms with van der Waals surface area (Å²) in [6, 6.07) is 14.8. The molecule has 0 aliphatic heterocycles. The van der Waals surface area contributed by atoms with Gasteiger partial charge in [-0.3, -0.25) is 14.9 Å². The molecular formula is C16H15N3O4. The predicted octanol–water partition coefficient (Wildman–Crippen LogP) is 2.51. The molecule has 1 N–H and O–H groups in total. The third-order valence-corrected chi connectivity index (χ3v) is 2.92. The van der Waals surface area contributed by atoms with Crippen molar-refractivity contribution < 1.29 is 14.5 Å². The number of amides is 1. The van der Waals surface area contributed by atoms with Crippen LogP contribution in [0.3, 0.4) is 0 Å². The molecule has 1 unspecified atom stereocenters. The van der Waals surface area contributed by atoms with Gasteiger partial charge < -0.3 is 4.74 Å². The first-order valence-corrected chi connectivity index (χ1v) is 6.85. The molecule has 1 atom stereocenters. The number of ether oxygens (including phenoxy) is 1. The molecular weight excluding hydrogens is 298 g/mol. The van der Waals surface area contributed by atoms with E-state index in [2.05, 4.69) is 10.5 Å². The Bertz CT molecular complexity index is 699. The molecule has 118 valence electrons. The summed E-state index contributed by atoms with van der Waals surface area (Å²) in [7, 11) is 0. The van der Waals surface area contributed by atoms with Crippen molar-refractivity contribution in [2.45, 2.75) is 13.0 Å². The monoisotopic (exact) mass is 313 g/mol. The highest BCUT2D eigenvalue weighted by Gasteiger charge is 2.13. The summed E-state index contributed by atoms with van der Waals surface area (Å²) >= 11 is 0. The summed E-state index contributed by atoms with van der Waals surface area (Å²) in [5, 5.41) is 14.3. The van der Waals surface area contributed by atoms with Gasteiger partial charge in [0.1, 0.15) is 5.75 Å². The first-order chi connectivity index (χ1) is 11.1. The minimum atomic E-state index is -0.702. The zero-order valence-electron chi connectivity index (χ0n) is 12.4. The number of hydrogen-bond acceptors (Lipinski definition) is 5. The fourth-order valence-electron chi connectivity index (χ4n) is 1.70. The number of carbonyl (C=O) groups excluding carboxylic acids is 1. The summed E-state index contributed by atoms with van der Waals surface area (Å²) in [5.74, 6) is 0.196. The predicted molar refractivity (Wildman–Crippen MR) is 85.4 cm³/mol. The standard InChI is InChI=1S/C16H15N3O4/c1-12(23-15-5-3-2-4-6-15)16(20)18-17-11-13-7-9-14(10-8-13)19(21)22/h2-12H,1H3,(H,18,20)/b17-11+. The van der Waals surface area contributed by atoms with Crippen LogP contribution in [0.4, 0.5) is 5.69 Å². The van der Waals surface area contributed by atoms with Gasteiger partial charge in [0.05, 0.1) is 11.1 Å². The SMILES string of the molecule is CC(Oc1ccccc1)C(=O)N/N=C/c1ccc([N+](=O)[O-])cc1. The van der Waals surface area contributed by atoms with Crippen LogP contribution in [0, 0.1) is 10.1 Å². The molecule has 7 nitrogen and oxygen atoms in total. The lowest BCUT2D eigenvalue weighted by molar-refractivity contribution is -0.384. The van der Waals surface area contributed by atoms with Crippen LogP contribution < -0.4 is 10.2 Å². The number of non-ortho nitro benzene ring substituents is 1. The number of para-hydroxylation sites is 1. The van der Waals surface area contributed by atoms with Crippen LogP contribution in [-0.4, -0.2) is 23.1 Å². The number of nitrogens with zero attached hydrogens (tertiary/aromatic N) is 2. The van der Waals surface area contributed by atoms with Gasteiger partial charge in [-0.1, -0.05) is 18.2 Å². The zero-order valence-corrected chi connectivity index (χ0v) is 12.4. The summed E-state index contributed by atoms with van der Waals surface area (Å²) in [6.45, 7) is 1.61. The van der Waals surface area contributed by atoms with Gasteiger partial charge in [0.2, 0.25) is 0 Å². The molecule has 0 bridgehead atoms. The van der Waals surface area contributed by atoms with Crippen LogP contribution in [-0.2, 0) is 4.79 Å². The van der Waals surface area contributed by atoms with Crippen LogP contribution in [0.1, 0.15) is 12.5 Å². The highest BCUT2D eigenvalue weighted by Crippen LogP contribution is 2.11. The van der Waals surface area contributed by atoms with Crippen molar-refractivity contribution in [3.05, 3.63) is 70.3 Å². The third-order valence-electron chi connectivity index (χ3n) is 2.92. The lowest BCUT2D eigenvalue weighted by Gasteiger charge is -2.12. The van der Waals surface area contributed by atoms with E-state index in [4.69, 9.17) is 4.74 Å². The van der Waals surface area contributed by atoms with Crippen LogP contribution in [0.5, 0.6) is 5.75 Å². The Morgan fingerprint density at radius 1 is 1.22 bits per heavy atom. The van der Waals surface area contributed by atoms with Gasteiger partial charge >= 0.3 is 0 Å². The van der Waals surface area contributed by atoms with Gasteiger partial charge in [0.25, 0.3) is 11.6 Å². The molecule has 2 rings (SSSR count). The van der Waals surface area contributed by atoms with Gasteiger partial charge in [-0.15, -0.1) is 0 Å². The molecule has 2 aromatic rings. The smallest absolute Gasteiger partial charge is 0.280 e. The second-order valence-electron chi connectivity index (χ2n) is 4.66. The van der Waals surface area contributed by atoms with E-state index in [9.17, 15) is 14.9 Å². The van der Waals surface area contributed by atoms with Crippen molar-refractivity contribution in [1.29, 1.82) is 0 Å². The number of nitro groups is 1. The molecule has 0 saturated carbocycles. The fourth-order valence-corrected chi connectivity index (χ4v) is 1.70. The summed E-state index contributed by atoms with van der Waals surface area (Å²) in [5.41, 5.74) is 2.99. The summed E-state index contributed by atoms with van der Waals surface area (Å²) in [4.78, 5) is 21.9. The molecule has 0 heterocycles. The summed E-state index contributed by atoms with van der Waals surface area (Å²) < 4.78 is 5.46. The minimum absolute atomic E-state index is 0.00364. The van der Waals surface area contributed by atoms with E-state index in [1.807, 2.05) is 18.2 Å². The summed E-state index contributed by atoms with van der Waals surface area (Å²) in [6.07, 6.45) is 0.697. The molecule has 7 heteroatoms. The zero-order chi connectivity index (χ0) is 16.7. The number of hydrazone groups is 1. The Labute approximate surface area is 132 Å². The van der Waals surface area contributed by atoms with Gasteiger partial charge in [-0.2, -0.15) is 5.10 Å². The Hall–Kier alpha value is -3.22. The molecule has 0 saturated heterocycles. The number of benzene rings is 2. The minimum Gasteiger partial charge on any atom is -0.481 e. The van der Waals surface area contributed by atoms with Gasteiger partial charge in [-0.05, 0) is 36.8 Å². The highest BCUT2D eigenvalue weighted by atomic mass is 16.6. The van der Waals surface area contributed by atoms with Gasteiger partial charge in [-0.25, -0.2) is 5.43 Å². The normalized spacial score (nSPS) is 11.9. The molecule has 0 aliphatic rings. The Morgan fingerprint density at radius 2 is 1.87 bits per heavy atom. The second kappa shape index (κ2) is 7.69. The number of rotatable bonds is 6. The third kappa shape index (κ3) is 4.92. The van der Waals surface area contributed by atoms with E-state index >= 15 is 0 Å². The van der Waals surface area contributed by atoms with Crippen molar-refractivity contribution in [3.8, 4) is 5.75 Å². The molecule has 0 fully saturated rings. The topological polar surface area (TPSA) is 93.8 Å². The molecule has 0 spiro atoms. The van der Waals surface area contributed by atoms with E-state index in [0.717, 1.165) is 0 Å². The van der Waals surface area contributed by atoms with Crippen LogP contribution >= 0.6 is 0 Å². The fraction of sp³-hybridized carbons (Fsp3) is 0.125. The van der Waals surface area contributed by atoms with E-state index < -0.39 is 16.9 Å². The first kappa shape index (κ1) is 16.2. The van der Waals surface area contributed by atoms with Crippen LogP contribution in [0.15, 0.2) is 59.7 Å². The Morgan fingerprint density at radius 3 is 2.48 bits per heavy atom. The van der Waals surface area contributed by atoms with Gasteiger partial charge in [0.15, 0.2) is 6.10 Å². The lowest BCUT2D eigenvalue weighted by atomic mass is 10.2. The largest absolute Gasteiger partial charge is 0.481 e. The van der Waals surface area contributed by atoms with Crippen molar-refractivity contribution in [2.24, 2.45) is 5.10 Å². The van der Waals surface area contributed by atoms with Crippen LogP contribution in [0.2, 0.25) is 0 Å². The second-order valence-corrected chi connectivity index (χ2v) is 4.66. The molecule has 2 aromatic carbocycles. The van der Waals surface area contributed by atoms with Gasteiger partial charge in [0, 0.05) is 12.1 Å². The van der Waals surface area contributed by atoms with E-state index in [0.29, 0.717) is 11.3 Å². The maximum atomic E-state index is 11.8. The van der Waals surface area contributed by atoms with Crippen molar-refractivity contribution in [3.63, 3.8) is 0 Å². The van der Waals surface area contributed by atoms with E-state index in [1.54, 1.807) is 19.1 Å². The Kier molecular flexibility index (Phi) is 5.40. The van der Waals surface area contributed by atoms with E-state index in [1.165, 1.54) is 30.5 Å². The Balaban J connectivity index is 1.86. The molecule has 23 heavy (non-hydrogen) atoms. The average Bonchev–Trinajstić information content (AvgIpc) is 2.56. The van der Waals surface area contributed by atoms with Crippen molar-refractivity contribution >= 4 is 17.8 Å². The highest BCUT2D eigenvalue weighted by molar-refractivity contribution is 5.84. The quantitative estimate of drug-likeness (QED) is 0.503. The first-order valence-electron chi connectivity index (χ1n) is 6.85. The maximum Gasteiger partial charge on any atom is 0.280 e. The molecule has 1 amide bonds. The number of hydrogen-bond donors (Lipinski definition) is 1. The van der Waals surface area contributed by atoms with Crippen molar-refractivity contribution in [2.75, 3.05) is 0 Å². The molecule has 0 aliphatic carbocycles. The molecule has 0 radical (unpaired) electrons. The molecule has 0 aromatic heterocycles. The van der Waals surface area contributed by atoms with Crippen molar-refractivity contribution in [1.82, 2.24) is 5.43 Å². The maximum absolute atomic E-state index is 11.8. The lowest BCUT2D eigenvalue weighted by Crippen LogP contribution is -2.33. The average molecular weight is 313 g/mol. The number of nitrogens with one attached hydrogen (secondary N) is 1. The van der Waals surface area contributed by atoms with E-state index in [-0.39, 0.29) is 5.69 Å². The number of nitro benzene ring substituents is 1. The van der Waals surface area contributed by atoms with Crippen LogP contribution in [0.25, 0.3) is 0 Å².